The van der Waals surface area contributed by atoms with Crippen LogP contribution in [0.15, 0.2) is 42.5 Å². The topological polar surface area (TPSA) is 86.3 Å². The van der Waals surface area contributed by atoms with Gasteiger partial charge in [0, 0.05) is 28.7 Å². The average Bonchev–Trinajstić information content (AvgIpc) is 2.93. The van der Waals surface area contributed by atoms with Gasteiger partial charge in [0.1, 0.15) is 5.75 Å². The summed E-state index contributed by atoms with van der Waals surface area (Å²) >= 11 is 0. The molecule has 0 radical (unpaired) electrons. The van der Waals surface area contributed by atoms with E-state index in [1.54, 1.807) is 19.1 Å². The first-order valence-corrected chi connectivity index (χ1v) is 11.8. The van der Waals surface area contributed by atoms with E-state index in [2.05, 4.69) is 15.4 Å². The van der Waals surface area contributed by atoms with Gasteiger partial charge in [-0.3, -0.25) is 4.72 Å². The number of nitrogens with two attached hydrogens (primary N) is 1. The Bertz CT molecular complexity index is 1130. The van der Waals surface area contributed by atoms with Crippen LogP contribution in [0, 0.1) is 0 Å². The molecule has 6 nitrogen and oxygen atoms in total. The lowest BCUT2D eigenvalue weighted by atomic mass is 9.92. The van der Waals surface area contributed by atoms with Crippen LogP contribution in [0.5, 0.6) is 5.75 Å². The normalized spacial score (nSPS) is 14.7. The largest absolute Gasteiger partial charge is 0.494 e. The second kappa shape index (κ2) is 7.63. The van der Waals surface area contributed by atoms with Crippen LogP contribution in [0.4, 0.5) is 11.4 Å². The molecule has 4 rings (SSSR count). The minimum Gasteiger partial charge on any atom is -0.494 e. The molecule has 0 unspecified atom stereocenters. The Morgan fingerprint density at radius 3 is 2.45 bits per heavy atom. The molecule has 29 heavy (non-hydrogen) atoms. The molecule has 1 aliphatic rings. The Kier molecular flexibility index (Phi) is 5.17. The Balaban J connectivity index is 1.81. The number of nitrogens with one attached hydrogen (secondary N) is 1. The number of benzene rings is 2. The Morgan fingerprint density at radius 1 is 1.14 bits per heavy atom. The van der Waals surface area contributed by atoms with Gasteiger partial charge in [-0.05, 0) is 57.4 Å². The molecule has 1 heterocycles. The predicted octanol–water partition coefficient (Wildman–Crippen LogP) is 4.78. The van der Waals surface area contributed by atoms with E-state index in [-0.39, 0.29) is 5.75 Å². The molecule has 1 fully saturated rings. The van der Waals surface area contributed by atoms with Gasteiger partial charge in [0.2, 0.25) is 10.0 Å². The molecule has 1 aromatic heterocycles. The van der Waals surface area contributed by atoms with Crippen LogP contribution >= 0.6 is 0 Å². The highest BCUT2D eigenvalue weighted by atomic mass is 32.2. The first-order valence-electron chi connectivity index (χ1n) is 10.1. The van der Waals surface area contributed by atoms with E-state index in [4.69, 9.17) is 10.5 Å². The Labute approximate surface area is 171 Å². The SMILES string of the molecule is CCOc1ccc2c(N)c(-c3ccc(NS(=O)(=O)CC)cc3)n(C3CCC3)c2c1. The van der Waals surface area contributed by atoms with Crippen LogP contribution < -0.4 is 15.2 Å². The van der Waals surface area contributed by atoms with Crippen LogP contribution in [0.1, 0.15) is 39.2 Å². The van der Waals surface area contributed by atoms with Crippen molar-refractivity contribution in [1.29, 1.82) is 0 Å². The minimum absolute atomic E-state index is 0.0415. The van der Waals surface area contributed by atoms with Crippen molar-refractivity contribution >= 4 is 32.3 Å². The zero-order valence-corrected chi connectivity index (χ0v) is 17.6. The minimum atomic E-state index is -3.30. The van der Waals surface area contributed by atoms with Crippen molar-refractivity contribution in [3.8, 4) is 17.0 Å². The maximum absolute atomic E-state index is 11.8. The molecule has 3 aromatic rings. The molecule has 154 valence electrons. The van der Waals surface area contributed by atoms with Crippen molar-refractivity contribution in [1.82, 2.24) is 4.57 Å². The highest BCUT2D eigenvalue weighted by Crippen LogP contribution is 2.44. The summed E-state index contributed by atoms with van der Waals surface area (Å²) in [6.07, 6.45) is 3.47. The number of sulfonamides is 1. The van der Waals surface area contributed by atoms with Gasteiger partial charge < -0.3 is 15.0 Å². The number of hydrogen-bond acceptors (Lipinski definition) is 4. The Hall–Kier alpha value is -2.67. The standard InChI is InChI=1S/C22H27N3O3S/c1-3-28-18-12-13-19-20(14-18)25(17-6-5-7-17)22(21(19)23)15-8-10-16(11-9-15)24-29(26,27)4-2/h8-14,17,24H,3-7,23H2,1-2H3. The molecule has 0 saturated heterocycles. The number of rotatable bonds is 7. The molecule has 7 heteroatoms. The summed E-state index contributed by atoms with van der Waals surface area (Å²) in [7, 11) is -3.30. The van der Waals surface area contributed by atoms with E-state index in [1.807, 2.05) is 31.2 Å². The molecule has 0 bridgehead atoms. The molecule has 0 amide bonds. The highest BCUT2D eigenvalue weighted by Gasteiger charge is 2.27. The third-order valence-electron chi connectivity index (χ3n) is 5.58. The van der Waals surface area contributed by atoms with E-state index in [9.17, 15) is 8.42 Å². The van der Waals surface area contributed by atoms with Crippen LogP contribution in [0.25, 0.3) is 22.2 Å². The van der Waals surface area contributed by atoms with Gasteiger partial charge in [-0.1, -0.05) is 12.1 Å². The highest BCUT2D eigenvalue weighted by molar-refractivity contribution is 7.92. The van der Waals surface area contributed by atoms with E-state index in [0.29, 0.717) is 18.3 Å². The molecule has 1 saturated carbocycles. The lowest BCUT2D eigenvalue weighted by molar-refractivity contribution is 0.323. The van der Waals surface area contributed by atoms with Crippen molar-refractivity contribution in [2.75, 3.05) is 22.8 Å². The number of ether oxygens (including phenoxy) is 1. The molecule has 1 aliphatic carbocycles. The third kappa shape index (κ3) is 3.67. The third-order valence-corrected chi connectivity index (χ3v) is 6.88. The fourth-order valence-electron chi connectivity index (χ4n) is 3.84. The number of fused-ring (bicyclic) bond motifs is 1. The van der Waals surface area contributed by atoms with Gasteiger partial charge in [-0.15, -0.1) is 0 Å². The summed E-state index contributed by atoms with van der Waals surface area (Å²) in [5.41, 5.74) is 11.0. The molecule has 2 aromatic carbocycles. The maximum atomic E-state index is 11.8. The smallest absolute Gasteiger partial charge is 0.232 e. The maximum Gasteiger partial charge on any atom is 0.232 e. The quantitative estimate of drug-likeness (QED) is 0.584. The van der Waals surface area contributed by atoms with Gasteiger partial charge in [0.25, 0.3) is 0 Å². The number of nitrogen functional groups attached to an aromatic ring is 1. The van der Waals surface area contributed by atoms with Crippen LogP contribution in [0.3, 0.4) is 0 Å². The number of hydrogen-bond donors (Lipinski definition) is 2. The first-order chi connectivity index (χ1) is 13.9. The molecule has 3 N–H and O–H groups in total. The number of anilines is 2. The summed E-state index contributed by atoms with van der Waals surface area (Å²) in [6.45, 7) is 4.21. The van der Waals surface area contributed by atoms with Gasteiger partial charge in [-0.25, -0.2) is 8.42 Å². The monoisotopic (exact) mass is 413 g/mol. The molecule has 0 aliphatic heterocycles. The van der Waals surface area contributed by atoms with E-state index < -0.39 is 10.0 Å². The van der Waals surface area contributed by atoms with E-state index >= 15 is 0 Å². The molecular formula is C22H27N3O3S. The zero-order chi connectivity index (χ0) is 20.6. The summed E-state index contributed by atoms with van der Waals surface area (Å²) in [5, 5.41) is 1.02. The second-order valence-electron chi connectivity index (χ2n) is 7.41. The van der Waals surface area contributed by atoms with Gasteiger partial charge in [0.15, 0.2) is 0 Å². The van der Waals surface area contributed by atoms with Crippen molar-refractivity contribution < 1.29 is 13.2 Å². The Morgan fingerprint density at radius 2 is 1.86 bits per heavy atom. The van der Waals surface area contributed by atoms with Crippen molar-refractivity contribution in [3.05, 3.63) is 42.5 Å². The number of nitrogens with zero attached hydrogens (tertiary/aromatic N) is 1. The van der Waals surface area contributed by atoms with Crippen molar-refractivity contribution in [2.24, 2.45) is 0 Å². The summed E-state index contributed by atoms with van der Waals surface area (Å²) < 4.78 is 34.3. The summed E-state index contributed by atoms with van der Waals surface area (Å²) in [6, 6.07) is 13.9. The fourth-order valence-corrected chi connectivity index (χ4v) is 4.48. The molecule has 0 atom stereocenters. The van der Waals surface area contributed by atoms with Gasteiger partial charge >= 0.3 is 0 Å². The lowest BCUT2D eigenvalue weighted by Crippen LogP contribution is -2.18. The summed E-state index contributed by atoms with van der Waals surface area (Å²) in [4.78, 5) is 0. The van der Waals surface area contributed by atoms with Crippen LogP contribution in [-0.2, 0) is 10.0 Å². The van der Waals surface area contributed by atoms with Crippen molar-refractivity contribution in [2.45, 2.75) is 39.2 Å². The fraction of sp³-hybridized carbons (Fsp3) is 0.364. The van der Waals surface area contributed by atoms with Gasteiger partial charge in [0.05, 0.1) is 29.3 Å². The average molecular weight is 414 g/mol. The number of aromatic nitrogens is 1. The van der Waals surface area contributed by atoms with E-state index in [1.165, 1.54) is 6.42 Å². The predicted molar refractivity (Wildman–Crippen MR) is 119 cm³/mol. The van der Waals surface area contributed by atoms with Crippen LogP contribution in [-0.4, -0.2) is 25.3 Å². The molecule has 0 spiro atoms. The summed E-state index contributed by atoms with van der Waals surface area (Å²) in [5.74, 6) is 0.883. The van der Waals surface area contributed by atoms with E-state index in [0.717, 1.165) is 46.4 Å². The van der Waals surface area contributed by atoms with Gasteiger partial charge in [-0.2, -0.15) is 0 Å². The van der Waals surface area contributed by atoms with Crippen LogP contribution in [0.2, 0.25) is 0 Å². The second-order valence-corrected chi connectivity index (χ2v) is 9.42. The molecular weight excluding hydrogens is 386 g/mol. The zero-order valence-electron chi connectivity index (χ0n) is 16.8. The lowest BCUT2D eigenvalue weighted by Gasteiger charge is -2.30. The first kappa shape index (κ1) is 19.6. The van der Waals surface area contributed by atoms with Crippen molar-refractivity contribution in [3.63, 3.8) is 0 Å².